The molecule has 1 fully saturated rings. The molecule has 224 valence electrons. The van der Waals surface area contributed by atoms with E-state index in [-0.39, 0.29) is 17.8 Å². The Hall–Kier alpha value is -3.91. The largest absolute Gasteiger partial charge is 0.465 e. The van der Waals surface area contributed by atoms with E-state index in [9.17, 15) is 27.9 Å². The minimum absolute atomic E-state index is 0.0224. The van der Waals surface area contributed by atoms with Crippen LogP contribution in [-0.2, 0) is 26.0 Å². The molecule has 0 radical (unpaired) electrons. The molecule has 41 heavy (non-hydrogen) atoms. The molecular formula is C27H38N6O7S. The van der Waals surface area contributed by atoms with Crippen LogP contribution in [0.4, 0.5) is 16.4 Å². The number of ether oxygens (including phenoxy) is 1. The molecule has 1 saturated carbocycles. The number of pyridine rings is 1. The second-order valence-electron chi connectivity index (χ2n) is 10.5. The predicted molar refractivity (Wildman–Crippen MR) is 154 cm³/mol. The lowest BCUT2D eigenvalue weighted by Gasteiger charge is -2.28. The van der Waals surface area contributed by atoms with Gasteiger partial charge < -0.3 is 20.1 Å². The van der Waals surface area contributed by atoms with E-state index in [1.54, 1.807) is 37.4 Å². The van der Waals surface area contributed by atoms with Gasteiger partial charge in [-0.25, -0.2) is 18.2 Å². The van der Waals surface area contributed by atoms with Crippen molar-refractivity contribution < 1.29 is 32.6 Å². The summed E-state index contributed by atoms with van der Waals surface area (Å²) in [4.78, 5) is 44.3. The number of hydrazine groups is 1. The normalized spacial score (nSPS) is 17.6. The summed E-state index contributed by atoms with van der Waals surface area (Å²) in [6.45, 7) is 5.07. The molecule has 4 N–H and O–H groups in total. The second kappa shape index (κ2) is 13.2. The van der Waals surface area contributed by atoms with Crippen LogP contribution in [0.2, 0.25) is 0 Å². The predicted octanol–water partition coefficient (Wildman–Crippen LogP) is 1.62. The van der Waals surface area contributed by atoms with Crippen molar-refractivity contribution in [1.29, 1.82) is 0 Å². The minimum atomic E-state index is -3.70. The number of amides is 3. The van der Waals surface area contributed by atoms with Gasteiger partial charge >= 0.3 is 6.09 Å². The van der Waals surface area contributed by atoms with Gasteiger partial charge in [-0.15, -0.1) is 0 Å². The maximum Gasteiger partial charge on any atom is 0.405 e. The molecule has 2 aromatic rings. The SMILES string of the molecule is COCCN(CC1CC1C)c1cc(C(=O)NNC(=O)[C@@](C)(Cc2ccccc2)NC(=O)O)cc(N(C)S(C)(=O)=O)n1. The number of rotatable bonds is 13. The first-order valence-electron chi connectivity index (χ1n) is 13.1. The van der Waals surface area contributed by atoms with Crippen LogP contribution in [0.3, 0.4) is 0 Å². The Bertz CT molecular complexity index is 1360. The summed E-state index contributed by atoms with van der Waals surface area (Å²) in [5, 5.41) is 11.6. The van der Waals surface area contributed by atoms with Crippen LogP contribution >= 0.6 is 0 Å². The Labute approximate surface area is 240 Å². The Kier molecular flexibility index (Phi) is 10.2. The van der Waals surface area contributed by atoms with E-state index in [1.807, 2.05) is 4.90 Å². The van der Waals surface area contributed by atoms with E-state index < -0.39 is 33.5 Å². The van der Waals surface area contributed by atoms with Gasteiger partial charge in [-0.2, -0.15) is 0 Å². The zero-order valence-electron chi connectivity index (χ0n) is 23.9. The van der Waals surface area contributed by atoms with Gasteiger partial charge in [0.25, 0.3) is 11.8 Å². The van der Waals surface area contributed by atoms with Gasteiger partial charge in [0.1, 0.15) is 17.2 Å². The molecule has 0 bridgehead atoms. The van der Waals surface area contributed by atoms with Crippen LogP contribution in [0, 0.1) is 11.8 Å². The first-order chi connectivity index (χ1) is 19.2. The fourth-order valence-corrected chi connectivity index (χ4v) is 4.74. The summed E-state index contributed by atoms with van der Waals surface area (Å²) in [6, 6.07) is 11.7. The van der Waals surface area contributed by atoms with Crippen molar-refractivity contribution in [2.24, 2.45) is 11.8 Å². The Balaban J connectivity index is 1.87. The monoisotopic (exact) mass is 590 g/mol. The maximum atomic E-state index is 13.3. The molecule has 2 unspecified atom stereocenters. The third-order valence-corrected chi connectivity index (χ3v) is 8.26. The molecule has 1 aliphatic carbocycles. The number of carbonyl (C=O) groups is 3. The van der Waals surface area contributed by atoms with Crippen molar-refractivity contribution >= 4 is 39.6 Å². The Morgan fingerprint density at radius 1 is 1.15 bits per heavy atom. The van der Waals surface area contributed by atoms with Crippen molar-refractivity contribution in [1.82, 2.24) is 21.2 Å². The first-order valence-corrected chi connectivity index (χ1v) is 14.9. The zero-order chi connectivity index (χ0) is 30.4. The van der Waals surface area contributed by atoms with E-state index in [0.717, 1.165) is 17.0 Å². The number of nitrogens with zero attached hydrogens (tertiary/aromatic N) is 3. The summed E-state index contributed by atoms with van der Waals surface area (Å²) in [7, 11) is -0.793. The summed E-state index contributed by atoms with van der Waals surface area (Å²) in [5.41, 5.74) is 3.78. The Morgan fingerprint density at radius 2 is 1.78 bits per heavy atom. The van der Waals surface area contributed by atoms with E-state index in [2.05, 4.69) is 28.1 Å². The van der Waals surface area contributed by atoms with Gasteiger partial charge in [-0.3, -0.25) is 24.7 Å². The quantitative estimate of drug-likeness (QED) is 0.253. The molecule has 1 heterocycles. The van der Waals surface area contributed by atoms with Crippen LogP contribution in [0.25, 0.3) is 0 Å². The lowest BCUT2D eigenvalue weighted by atomic mass is 9.92. The molecule has 0 saturated heterocycles. The highest BCUT2D eigenvalue weighted by molar-refractivity contribution is 7.92. The second-order valence-corrected chi connectivity index (χ2v) is 12.6. The summed E-state index contributed by atoms with van der Waals surface area (Å²) >= 11 is 0. The van der Waals surface area contributed by atoms with Gasteiger partial charge in [0, 0.05) is 39.2 Å². The van der Waals surface area contributed by atoms with Crippen molar-refractivity contribution in [3.8, 4) is 0 Å². The number of anilines is 2. The Morgan fingerprint density at radius 3 is 2.34 bits per heavy atom. The highest BCUT2D eigenvalue weighted by Crippen LogP contribution is 2.39. The third kappa shape index (κ3) is 8.79. The number of hydrogen-bond donors (Lipinski definition) is 4. The summed E-state index contributed by atoms with van der Waals surface area (Å²) < 4.78 is 30.8. The topological polar surface area (TPSA) is 170 Å². The molecule has 0 aliphatic heterocycles. The molecule has 3 amide bonds. The highest BCUT2D eigenvalue weighted by Gasteiger charge is 2.36. The summed E-state index contributed by atoms with van der Waals surface area (Å²) in [5.74, 6) is -0.144. The van der Waals surface area contributed by atoms with Gasteiger partial charge in [0.2, 0.25) is 10.0 Å². The fraction of sp³-hybridized carbons (Fsp3) is 0.481. The van der Waals surface area contributed by atoms with Gasteiger partial charge in [-0.1, -0.05) is 37.3 Å². The van der Waals surface area contributed by atoms with Crippen molar-refractivity contribution in [3.63, 3.8) is 0 Å². The number of carbonyl (C=O) groups excluding carboxylic acids is 2. The standard InChI is InChI=1S/C27H38N6O7S/c1-18-13-21(18)17-33(11-12-40-4)23-15-20(14-22(28-23)32(3)41(5,38)39)24(34)30-31-25(35)27(2,29-26(36)37)16-19-9-7-6-8-10-19/h6-10,14-15,18,21,29H,11-13,16-17H2,1-5H3,(H,30,34)(H,31,35)(H,36,37)/t18?,21?,27-/m1/s1. The summed E-state index contributed by atoms with van der Waals surface area (Å²) in [6.07, 6.45) is 0.702. The molecule has 3 rings (SSSR count). The van der Waals surface area contributed by atoms with Crippen LogP contribution in [0.15, 0.2) is 42.5 Å². The third-order valence-electron chi connectivity index (χ3n) is 7.07. The number of aromatic nitrogens is 1. The number of sulfonamides is 1. The van der Waals surface area contributed by atoms with E-state index in [4.69, 9.17) is 4.74 Å². The van der Waals surface area contributed by atoms with Crippen molar-refractivity contribution in [3.05, 3.63) is 53.6 Å². The van der Waals surface area contributed by atoms with Crippen LogP contribution < -0.4 is 25.4 Å². The lowest BCUT2D eigenvalue weighted by Crippen LogP contribution is -2.61. The average molecular weight is 591 g/mol. The van der Waals surface area contributed by atoms with Crippen LogP contribution in [0.1, 0.15) is 36.2 Å². The van der Waals surface area contributed by atoms with Crippen molar-refractivity contribution in [2.45, 2.75) is 32.2 Å². The minimum Gasteiger partial charge on any atom is -0.465 e. The highest BCUT2D eigenvalue weighted by atomic mass is 32.2. The fourth-order valence-electron chi connectivity index (χ4n) is 4.31. The van der Waals surface area contributed by atoms with E-state index in [1.165, 1.54) is 26.1 Å². The lowest BCUT2D eigenvalue weighted by molar-refractivity contribution is -0.127. The number of nitrogens with one attached hydrogen (secondary N) is 3. The van der Waals surface area contributed by atoms with E-state index >= 15 is 0 Å². The molecule has 1 aliphatic rings. The average Bonchev–Trinajstić information content (AvgIpc) is 3.62. The molecular weight excluding hydrogens is 552 g/mol. The molecule has 1 aromatic carbocycles. The number of methoxy groups -OCH3 is 1. The first kappa shape index (κ1) is 31.6. The molecule has 1 aromatic heterocycles. The molecule has 0 spiro atoms. The molecule has 3 atom stereocenters. The molecule has 13 nitrogen and oxygen atoms in total. The van der Waals surface area contributed by atoms with Gasteiger partial charge in [-0.05, 0) is 42.9 Å². The van der Waals surface area contributed by atoms with E-state index in [0.29, 0.717) is 42.9 Å². The number of benzene rings is 1. The maximum absolute atomic E-state index is 13.3. The zero-order valence-corrected chi connectivity index (χ0v) is 24.7. The van der Waals surface area contributed by atoms with Crippen molar-refractivity contribution in [2.75, 3.05) is 49.3 Å². The molecule has 14 heteroatoms. The smallest absolute Gasteiger partial charge is 0.405 e. The van der Waals surface area contributed by atoms with Crippen LogP contribution in [0.5, 0.6) is 0 Å². The number of carboxylic acid groups (broad SMARTS) is 1. The number of hydrogen-bond acceptors (Lipinski definition) is 8. The van der Waals surface area contributed by atoms with Crippen LogP contribution in [-0.4, -0.2) is 82.1 Å². The van der Waals surface area contributed by atoms with Gasteiger partial charge in [0.05, 0.1) is 12.9 Å². The van der Waals surface area contributed by atoms with Gasteiger partial charge in [0.15, 0.2) is 0 Å².